The summed E-state index contributed by atoms with van der Waals surface area (Å²) >= 11 is 0. The van der Waals surface area contributed by atoms with E-state index in [1.807, 2.05) is 32.1 Å². The highest BCUT2D eigenvalue weighted by Crippen LogP contribution is 2.27. The second-order valence-electron chi connectivity index (χ2n) is 8.69. The first kappa shape index (κ1) is 20.9. The number of rotatable bonds is 3. The summed E-state index contributed by atoms with van der Waals surface area (Å²) in [5.74, 6) is -0.805. The van der Waals surface area contributed by atoms with Crippen molar-refractivity contribution in [3.63, 3.8) is 0 Å². The molecular weight excluding hydrogens is 412 g/mol. The molecule has 166 valence electrons. The molecule has 0 aliphatic carbocycles. The molecule has 0 unspecified atom stereocenters. The van der Waals surface area contributed by atoms with Crippen LogP contribution >= 0.6 is 0 Å². The minimum absolute atomic E-state index is 0.0781. The number of aromatic nitrogens is 4. The Morgan fingerprint density at radius 1 is 0.758 bits per heavy atom. The number of hydrogen-bond donors (Lipinski definition) is 3. The first-order valence-electron chi connectivity index (χ1n) is 11.1. The maximum Gasteiger partial charge on any atom is 0.303 e. The van der Waals surface area contributed by atoms with E-state index in [2.05, 4.69) is 48.1 Å². The van der Waals surface area contributed by atoms with E-state index in [4.69, 9.17) is 9.97 Å². The zero-order valence-corrected chi connectivity index (χ0v) is 19.2. The van der Waals surface area contributed by atoms with Gasteiger partial charge in [0.05, 0.1) is 22.8 Å². The summed E-state index contributed by atoms with van der Waals surface area (Å²) in [6, 6.07) is 6.22. The molecule has 2 aliphatic rings. The van der Waals surface area contributed by atoms with Crippen LogP contribution in [0.5, 0.6) is 0 Å². The van der Waals surface area contributed by atoms with Gasteiger partial charge in [-0.2, -0.15) is 0 Å². The second-order valence-corrected chi connectivity index (χ2v) is 8.69. The number of nitrogens with zero attached hydrogens (tertiary/aromatic N) is 2. The number of carboxylic acids is 1. The third-order valence-electron chi connectivity index (χ3n) is 6.60. The van der Waals surface area contributed by atoms with Crippen molar-refractivity contribution in [3.05, 3.63) is 68.8 Å². The quantitative estimate of drug-likeness (QED) is 0.326. The fraction of sp³-hybridized carbons (Fsp3) is 0.222. The lowest BCUT2D eigenvalue weighted by Gasteiger charge is -2.00. The summed E-state index contributed by atoms with van der Waals surface area (Å²) in [5.41, 5.74) is 12.7. The zero-order chi connectivity index (χ0) is 23.3. The van der Waals surface area contributed by atoms with Crippen molar-refractivity contribution in [1.29, 1.82) is 0 Å². The molecule has 6 nitrogen and oxygen atoms in total. The highest BCUT2D eigenvalue weighted by molar-refractivity contribution is 5.84. The maximum absolute atomic E-state index is 11.3. The van der Waals surface area contributed by atoms with E-state index in [0.717, 1.165) is 72.7 Å². The molecule has 0 amide bonds. The topological polar surface area (TPSA) is 94.7 Å². The molecule has 0 fully saturated rings. The normalized spacial score (nSPS) is 12.5. The molecule has 0 saturated carbocycles. The molecule has 0 atom stereocenters. The monoisotopic (exact) mass is 438 g/mol. The molecule has 6 heteroatoms. The fourth-order valence-electron chi connectivity index (χ4n) is 4.41. The van der Waals surface area contributed by atoms with Crippen LogP contribution in [0.25, 0.3) is 46.4 Å². The van der Waals surface area contributed by atoms with Gasteiger partial charge in [-0.3, -0.25) is 4.79 Å². The number of fused-ring (bicyclic) bond motifs is 8. The Morgan fingerprint density at radius 2 is 1.30 bits per heavy atom. The van der Waals surface area contributed by atoms with E-state index in [-0.39, 0.29) is 6.42 Å². The van der Waals surface area contributed by atoms with Gasteiger partial charge in [0.1, 0.15) is 0 Å². The van der Waals surface area contributed by atoms with E-state index >= 15 is 0 Å². The molecule has 0 saturated heterocycles. The summed E-state index contributed by atoms with van der Waals surface area (Å²) in [4.78, 5) is 28.1. The Morgan fingerprint density at radius 3 is 1.91 bits per heavy atom. The van der Waals surface area contributed by atoms with Gasteiger partial charge in [0.15, 0.2) is 0 Å². The molecule has 3 N–H and O–H groups in total. The highest BCUT2D eigenvalue weighted by Gasteiger charge is 2.14. The number of carboxylic acid groups (broad SMARTS) is 1. The Balaban J connectivity index is 1.91. The van der Waals surface area contributed by atoms with E-state index in [1.165, 1.54) is 0 Å². The molecule has 2 aliphatic heterocycles. The number of aryl methyl sites for hydroxylation is 4. The standard InChI is InChI=1S/C27H26N4O2/c1-14-19-6-7-20(28-19)15(2)22-10-11-24(30-22)17(4)27-18(5-12-26(32)33)13-25(31-27)16(3)23-9-8-21(14)29-23/h6-11,13,29,31H,5,12H2,1-4H3,(H,32,33). The molecule has 0 aromatic carbocycles. The third-order valence-corrected chi connectivity index (χ3v) is 6.60. The van der Waals surface area contributed by atoms with E-state index < -0.39 is 5.97 Å². The van der Waals surface area contributed by atoms with E-state index in [9.17, 15) is 9.90 Å². The van der Waals surface area contributed by atoms with Crippen molar-refractivity contribution in [1.82, 2.24) is 19.9 Å². The minimum atomic E-state index is -0.805. The van der Waals surface area contributed by atoms with Crippen molar-refractivity contribution >= 4 is 52.3 Å². The number of carbonyl (C=O) groups is 1. The van der Waals surface area contributed by atoms with Gasteiger partial charge in [-0.1, -0.05) is 0 Å². The second kappa shape index (κ2) is 7.89. The number of nitrogens with one attached hydrogen (secondary N) is 2. The highest BCUT2D eigenvalue weighted by atomic mass is 16.4. The molecular formula is C27H26N4O2. The lowest BCUT2D eigenvalue weighted by Crippen LogP contribution is -1.97. The average Bonchev–Trinajstić information content (AvgIpc) is 3.61. The van der Waals surface area contributed by atoms with Crippen molar-refractivity contribution in [3.8, 4) is 0 Å². The van der Waals surface area contributed by atoms with Crippen molar-refractivity contribution in [2.75, 3.05) is 0 Å². The Bertz CT molecular complexity index is 1530. The predicted octanol–water partition coefficient (Wildman–Crippen LogP) is 5.91. The third kappa shape index (κ3) is 3.67. The number of aromatic amines is 2. The zero-order valence-electron chi connectivity index (χ0n) is 19.2. The van der Waals surface area contributed by atoms with Crippen LogP contribution in [0.4, 0.5) is 0 Å². The van der Waals surface area contributed by atoms with Crippen LogP contribution in [-0.4, -0.2) is 31.0 Å². The van der Waals surface area contributed by atoms with Gasteiger partial charge < -0.3 is 15.1 Å². The average molecular weight is 439 g/mol. The van der Waals surface area contributed by atoms with Crippen LogP contribution in [-0.2, 0) is 11.2 Å². The molecule has 5 heterocycles. The van der Waals surface area contributed by atoms with Gasteiger partial charge in [0.2, 0.25) is 0 Å². The Kier molecular flexibility index (Phi) is 5.01. The minimum Gasteiger partial charge on any atom is -0.481 e. The van der Waals surface area contributed by atoms with Crippen molar-refractivity contribution < 1.29 is 9.90 Å². The molecule has 33 heavy (non-hydrogen) atoms. The largest absolute Gasteiger partial charge is 0.481 e. The van der Waals surface area contributed by atoms with Gasteiger partial charge in [0.25, 0.3) is 0 Å². The number of aliphatic carboxylic acids is 1. The number of hydrogen-bond acceptors (Lipinski definition) is 3. The van der Waals surface area contributed by atoms with Crippen molar-refractivity contribution in [2.45, 2.75) is 40.5 Å². The van der Waals surface area contributed by atoms with Crippen LogP contribution in [0.1, 0.15) is 57.0 Å². The lowest BCUT2D eigenvalue weighted by molar-refractivity contribution is -0.136. The van der Waals surface area contributed by atoms with Crippen molar-refractivity contribution in [2.24, 2.45) is 0 Å². The van der Waals surface area contributed by atoms with Gasteiger partial charge in [0, 0.05) is 34.1 Å². The van der Waals surface area contributed by atoms with E-state index in [0.29, 0.717) is 6.42 Å². The van der Waals surface area contributed by atoms with E-state index in [1.54, 1.807) is 0 Å². The molecule has 5 rings (SSSR count). The predicted molar refractivity (Wildman–Crippen MR) is 134 cm³/mol. The summed E-state index contributed by atoms with van der Waals surface area (Å²) in [7, 11) is 0. The SMILES string of the molecule is Cc1c2nc(c(C)c3ccc([nH]3)c(C)c3cc(CCC(=O)O)c([nH]3)c(C)c3nc1C=C3)C=C2. The number of H-pyrrole nitrogens is 2. The summed E-state index contributed by atoms with van der Waals surface area (Å²) in [5, 5.41) is 9.26. The summed E-state index contributed by atoms with van der Waals surface area (Å²) < 4.78 is 0. The molecule has 8 bridgehead atoms. The van der Waals surface area contributed by atoms with Gasteiger partial charge >= 0.3 is 5.97 Å². The smallest absolute Gasteiger partial charge is 0.303 e. The molecule has 3 aromatic heterocycles. The van der Waals surface area contributed by atoms with Crippen LogP contribution in [0.3, 0.4) is 0 Å². The Hall–Kier alpha value is -3.93. The molecule has 3 aromatic rings. The molecule has 0 spiro atoms. The first-order valence-corrected chi connectivity index (χ1v) is 11.1. The fourth-order valence-corrected chi connectivity index (χ4v) is 4.41. The van der Waals surface area contributed by atoms with Crippen LogP contribution in [0, 0.1) is 27.7 Å². The van der Waals surface area contributed by atoms with Gasteiger partial charge in [-0.25, -0.2) is 9.97 Å². The lowest BCUT2D eigenvalue weighted by atomic mass is 10.1. The summed E-state index contributed by atoms with van der Waals surface area (Å²) in [6.07, 6.45) is 8.66. The Labute approximate surface area is 191 Å². The summed E-state index contributed by atoms with van der Waals surface area (Å²) in [6.45, 7) is 8.21. The van der Waals surface area contributed by atoms with Gasteiger partial charge in [-0.15, -0.1) is 0 Å². The van der Waals surface area contributed by atoms with Gasteiger partial charge in [-0.05, 0) is 98.9 Å². The van der Waals surface area contributed by atoms with Crippen LogP contribution in [0.2, 0.25) is 0 Å². The maximum atomic E-state index is 11.3. The van der Waals surface area contributed by atoms with Crippen LogP contribution < -0.4 is 0 Å². The first-order chi connectivity index (χ1) is 15.8. The molecule has 0 radical (unpaired) electrons. The van der Waals surface area contributed by atoms with Crippen LogP contribution in [0.15, 0.2) is 18.2 Å².